The van der Waals surface area contributed by atoms with Crippen LogP contribution in [0.5, 0.6) is 0 Å². The van der Waals surface area contributed by atoms with E-state index in [2.05, 4.69) is 4.98 Å². The second-order valence-electron chi connectivity index (χ2n) is 5.22. The van der Waals surface area contributed by atoms with E-state index in [0.29, 0.717) is 17.4 Å². The van der Waals surface area contributed by atoms with Crippen molar-refractivity contribution < 1.29 is 13.2 Å². The monoisotopic (exact) mass is 352 g/mol. The molecule has 0 N–H and O–H groups in total. The minimum Gasteiger partial charge on any atom is -0.308 e. The van der Waals surface area contributed by atoms with Crippen LogP contribution < -0.4 is 5.56 Å². The first-order valence-electron chi connectivity index (χ1n) is 7.18. The van der Waals surface area contributed by atoms with Gasteiger partial charge in [0.1, 0.15) is 5.15 Å². The summed E-state index contributed by atoms with van der Waals surface area (Å²) in [5.41, 5.74) is -0.957. The molecule has 3 aromatic rings. The number of pyridine rings is 2. The van der Waals surface area contributed by atoms with Crippen molar-refractivity contribution in [3.63, 3.8) is 0 Å². The van der Waals surface area contributed by atoms with Crippen LogP contribution in [0.25, 0.3) is 22.0 Å². The number of alkyl halides is 3. The van der Waals surface area contributed by atoms with E-state index in [1.807, 2.05) is 0 Å². The fourth-order valence-electron chi connectivity index (χ4n) is 2.72. The second kappa shape index (κ2) is 5.94. The largest absolute Gasteiger partial charge is 0.417 e. The predicted octanol–water partition coefficient (Wildman–Crippen LogP) is 4.76. The molecule has 0 aliphatic heterocycles. The molecular formula is C17H12ClF3N2O. The second-order valence-corrected chi connectivity index (χ2v) is 5.60. The van der Waals surface area contributed by atoms with Gasteiger partial charge in [0.2, 0.25) is 0 Å². The molecule has 7 heteroatoms. The number of nitrogens with zero attached hydrogens (tertiary/aromatic N) is 2. The Bertz CT molecular complexity index is 980. The van der Waals surface area contributed by atoms with Crippen molar-refractivity contribution in [2.75, 3.05) is 0 Å². The summed E-state index contributed by atoms with van der Waals surface area (Å²) in [6, 6.07) is 8.00. The summed E-state index contributed by atoms with van der Waals surface area (Å²) in [5, 5.41) is 0.764. The summed E-state index contributed by atoms with van der Waals surface area (Å²) in [7, 11) is 0. The summed E-state index contributed by atoms with van der Waals surface area (Å²) in [4.78, 5) is 16.7. The Labute approximate surface area is 140 Å². The van der Waals surface area contributed by atoms with Gasteiger partial charge in [0.15, 0.2) is 0 Å². The van der Waals surface area contributed by atoms with E-state index >= 15 is 0 Å². The summed E-state index contributed by atoms with van der Waals surface area (Å²) in [5.74, 6) is 0. The molecule has 0 aliphatic rings. The smallest absolute Gasteiger partial charge is 0.308 e. The van der Waals surface area contributed by atoms with Crippen molar-refractivity contribution in [2.45, 2.75) is 19.6 Å². The van der Waals surface area contributed by atoms with E-state index < -0.39 is 17.3 Å². The van der Waals surface area contributed by atoms with Crippen LogP contribution in [0.4, 0.5) is 13.2 Å². The van der Waals surface area contributed by atoms with Gasteiger partial charge in [0.05, 0.1) is 11.1 Å². The Kier molecular flexibility index (Phi) is 4.09. The van der Waals surface area contributed by atoms with Gasteiger partial charge in [-0.3, -0.25) is 4.79 Å². The van der Waals surface area contributed by atoms with Crippen molar-refractivity contribution in [3.05, 3.63) is 63.7 Å². The molecule has 3 nitrogen and oxygen atoms in total. The van der Waals surface area contributed by atoms with Gasteiger partial charge in [-0.15, -0.1) is 0 Å². The van der Waals surface area contributed by atoms with E-state index in [-0.39, 0.29) is 16.3 Å². The number of hydrogen-bond acceptors (Lipinski definition) is 2. The maximum Gasteiger partial charge on any atom is 0.417 e. The topological polar surface area (TPSA) is 34.9 Å². The Morgan fingerprint density at radius 1 is 1.17 bits per heavy atom. The molecular weight excluding hydrogens is 341 g/mol. The van der Waals surface area contributed by atoms with Gasteiger partial charge in [-0.1, -0.05) is 29.8 Å². The highest BCUT2D eigenvalue weighted by molar-refractivity contribution is 6.30. The fraction of sp³-hybridized carbons (Fsp3) is 0.176. The predicted molar refractivity (Wildman–Crippen MR) is 87.1 cm³/mol. The molecule has 0 amide bonds. The summed E-state index contributed by atoms with van der Waals surface area (Å²) in [6.45, 7) is 2.05. The van der Waals surface area contributed by atoms with Crippen molar-refractivity contribution in [2.24, 2.45) is 0 Å². The van der Waals surface area contributed by atoms with Gasteiger partial charge in [-0.2, -0.15) is 13.2 Å². The third-order valence-corrected chi connectivity index (χ3v) is 3.99. The van der Waals surface area contributed by atoms with Gasteiger partial charge in [-0.25, -0.2) is 4.98 Å². The lowest BCUT2D eigenvalue weighted by Gasteiger charge is -2.15. The van der Waals surface area contributed by atoms with Gasteiger partial charge in [0, 0.05) is 23.7 Å². The number of fused-ring (bicyclic) bond motifs is 1. The average Bonchev–Trinajstić information content (AvgIpc) is 2.53. The lowest BCUT2D eigenvalue weighted by molar-refractivity contribution is -0.137. The quantitative estimate of drug-likeness (QED) is 0.623. The van der Waals surface area contributed by atoms with Crippen LogP contribution >= 0.6 is 11.6 Å². The molecule has 0 saturated carbocycles. The molecule has 0 spiro atoms. The van der Waals surface area contributed by atoms with Gasteiger partial charge in [-0.05, 0) is 30.7 Å². The summed E-state index contributed by atoms with van der Waals surface area (Å²) in [6.07, 6.45) is -3.10. The Balaban J connectivity index is 2.39. The SMILES string of the molecule is CCn1c(=O)c(-c2ccccc2C(F)(F)F)cc2cnc(Cl)cc21. The van der Waals surface area contributed by atoms with Gasteiger partial charge >= 0.3 is 6.18 Å². The highest BCUT2D eigenvalue weighted by Gasteiger charge is 2.34. The molecule has 2 aromatic heterocycles. The van der Waals surface area contributed by atoms with E-state index in [9.17, 15) is 18.0 Å². The van der Waals surface area contributed by atoms with Crippen molar-refractivity contribution in [1.82, 2.24) is 9.55 Å². The first kappa shape index (κ1) is 16.5. The Morgan fingerprint density at radius 3 is 2.54 bits per heavy atom. The number of aryl methyl sites for hydroxylation is 1. The zero-order valence-electron chi connectivity index (χ0n) is 12.6. The van der Waals surface area contributed by atoms with Gasteiger partial charge < -0.3 is 4.57 Å². The van der Waals surface area contributed by atoms with Crippen LogP contribution in [-0.2, 0) is 12.7 Å². The molecule has 3 rings (SSSR count). The van der Waals surface area contributed by atoms with Crippen LogP contribution in [0.2, 0.25) is 5.15 Å². The number of hydrogen-bond donors (Lipinski definition) is 0. The third-order valence-electron chi connectivity index (χ3n) is 3.78. The Morgan fingerprint density at radius 2 is 1.88 bits per heavy atom. The van der Waals surface area contributed by atoms with E-state index in [4.69, 9.17) is 11.6 Å². The third kappa shape index (κ3) is 2.78. The molecule has 0 atom stereocenters. The molecule has 2 heterocycles. The normalized spacial score (nSPS) is 11.9. The van der Waals surface area contributed by atoms with Crippen molar-refractivity contribution in [1.29, 1.82) is 0 Å². The summed E-state index contributed by atoms with van der Waals surface area (Å²) < 4.78 is 41.2. The fourth-order valence-corrected chi connectivity index (χ4v) is 2.87. The number of benzene rings is 1. The molecule has 0 fully saturated rings. The highest BCUT2D eigenvalue weighted by atomic mass is 35.5. The summed E-state index contributed by atoms with van der Waals surface area (Å²) >= 11 is 5.87. The maximum absolute atomic E-state index is 13.3. The minimum absolute atomic E-state index is 0.0126. The van der Waals surface area contributed by atoms with E-state index in [1.54, 1.807) is 6.92 Å². The van der Waals surface area contributed by atoms with Crippen LogP contribution in [0.3, 0.4) is 0 Å². The Hall–Kier alpha value is -2.34. The standard InChI is InChI=1S/C17H12ClF3N2O/c1-2-23-14-8-15(18)22-9-10(14)7-12(16(23)24)11-5-3-4-6-13(11)17(19,20)21/h3-9H,2H2,1H3. The minimum atomic E-state index is -4.55. The van der Waals surface area contributed by atoms with E-state index in [0.717, 1.165) is 6.07 Å². The molecule has 1 aromatic carbocycles. The van der Waals surface area contributed by atoms with Crippen molar-refractivity contribution >= 4 is 22.5 Å². The van der Waals surface area contributed by atoms with Crippen molar-refractivity contribution in [3.8, 4) is 11.1 Å². The molecule has 0 bridgehead atoms. The lowest BCUT2D eigenvalue weighted by Crippen LogP contribution is -2.22. The van der Waals surface area contributed by atoms with Crippen LogP contribution in [0.15, 0.2) is 47.4 Å². The van der Waals surface area contributed by atoms with Crippen LogP contribution in [0.1, 0.15) is 12.5 Å². The zero-order chi connectivity index (χ0) is 17.5. The first-order chi connectivity index (χ1) is 11.3. The molecule has 0 saturated heterocycles. The highest BCUT2D eigenvalue weighted by Crippen LogP contribution is 2.36. The average molecular weight is 353 g/mol. The molecule has 0 unspecified atom stereocenters. The molecule has 24 heavy (non-hydrogen) atoms. The first-order valence-corrected chi connectivity index (χ1v) is 7.56. The molecule has 0 aliphatic carbocycles. The maximum atomic E-state index is 13.3. The number of aromatic nitrogens is 2. The lowest BCUT2D eigenvalue weighted by atomic mass is 9.99. The van der Waals surface area contributed by atoms with Gasteiger partial charge in [0.25, 0.3) is 5.56 Å². The molecule has 124 valence electrons. The number of rotatable bonds is 2. The van der Waals surface area contributed by atoms with E-state index in [1.165, 1.54) is 41.1 Å². The van der Waals surface area contributed by atoms with Crippen LogP contribution in [0, 0.1) is 0 Å². The number of halogens is 4. The van der Waals surface area contributed by atoms with Crippen LogP contribution in [-0.4, -0.2) is 9.55 Å². The molecule has 0 radical (unpaired) electrons. The zero-order valence-corrected chi connectivity index (χ0v) is 13.3.